The lowest BCUT2D eigenvalue weighted by Gasteiger charge is -2.34. The number of nitrogens with zero attached hydrogens (tertiary/aromatic N) is 1. The molecular weight excluding hydrogens is 356 g/mol. The number of carbonyl (C=O) groups excluding carboxylic acids is 2. The summed E-state index contributed by atoms with van der Waals surface area (Å²) in [6.07, 6.45) is 7.17. The summed E-state index contributed by atoms with van der Waals surface area (Å²) in [4.78, 5) is 28.9. The first-order chi connectivity index (χ1) is 13.2. The van der Waals surface area contributed by atoms with E-state index in [4.69, 9.17) is 9.47 Å². The van der Waals surface area contributed by atoms with E-state index < -0.39 is 5.91 Å². The average Bonchev–Trinajstić information content (AvgIpc) is 2.65. The monoisotopic (exact) mass is 380 g/mol. The van der Waals surface area contributed by atoms with Crippen molar-refractivity contribution in [2.24, 2.45) is 16.3 Å². The molecular formula is C22H24N2O4. The van der Waals surface area contributed by atoms with Gasteiger partial charge < -0.3 is 14.8 Å². The predicted octanol–water partition coefficient (Wildman–Crippen LogP) is 3.46. The van der Waals surface area contributed by atoms with Gasteiger partial charge in [-0.05, 0) is 35.3 Å². The van der Waals surface area contributed by atoms with Crippen LogP contribution >= 0.6 is 0 Å². The molecule has 6 nitrogen and oxygen atoms in total. The maximum atomic E-state index is 12.7. The molecule has 1 N–H and O–H groups in total. The van der Waals surface area contributed by atoms with Gasteiger partial charge in [0.1, 0.15) is 11.5 Å². The van der Waals surface area contributed by atoms with E-state index in [9.17, 15) is 9.59 Å². The van der Waals surface area contributed by atoms with Crippen LogP contribution in [0, 0.1) is 11.3 Å². The fraction of sp³-hybridized carbons (Fsp3) is 0.318. The largest absolute Gasteiger partial charge is 0.497 e. The van der Waals surface area contributed by atoms with Gasteiger partial charge in [-0.3, -0.25) is 9.59 Å². The van der Waals surface area contributed by atoms with Gasteiger partial charge in [-0.25, -0.2) is 4.99 Å². The Bertz CT molecular complexity index is 946. The molecule has 1 heterocycles. The lowest BCUT2D eigenvalue weighted by Crippen LogP contribution is -2.36. The molecule has 0 radical (unpaired) electrons. The molecule has 3 rings (SSSR count). The third-order valence-electron chi connectivity index (χ3n) is 4.72. The van der Waals surface area contributed by atoms with Crippen LogP contribution in [0.15, 0.2) is 58.8 Å². The van der Waals surface area contributed by atoms with Crippen molar-refractivity contribution in [3.05, 3.63) is 59.3 Å². The molecule has 1 aromatic rings. The zero-order valence-electron chi connectivity index (χ0n) is 16.7. The van der Waals surface area contributed by atoms with E-state index in [1.807, 2.05) is 6.08 Å². The minimum Gasteiger partial charge on any atom is -0.497 e. The Morgan fingerprint density at radius 1 is 1.14 bits per heavy atom. The number of ether oxygens (including phenoxy) is 2. The predicted molar refractivity (Wildman–Crippen MR) is 108 cm³/mol. The molecule has 1 unspecified atom stereocenters. The number of hydrogen-bond acceptors (Lipinski definition) is 4. The highest BCUT2D eigenvalue weighted by atomic mass is 16.5. The quantitative estimate of drug-likeness (QED) is 0.871. The lowest BCUT2D eigenvalue weighted by atomic mass is 9.74. The standard InChI is InChI=1S/C22H24N2O4/c1-22(2,3)17-12-20(25)24-18-10-13(6-8-15(17)18)23-21(26)16-9-7-14(27-4)11-19(16)28-5/h6-12,15H,1-5H3,(H,24,25). The van der Waals surface area contributed by atoms with Gasteiger partial charge in [-0.1, -0.05) is 26.8 Å². The van der Waals surface area contributed by atoms with Crippen molar-refractivity contribution in [2.45, 2.75) is 20.8 Å². The molecule has 0 spiro atoms. The molecule has 1 aliphatic carbocycles. The van der Waals surface area contributed by atoms with Crippen LogP contribution in [0.1, 0.15) is 31.1 Å². The van der Waals surface area contributed by atoms with Crippen LogP contribution in [0.3, 0.4) is 0 Å². The number of fused-ring (bicyclic) bond motifs is 1. The fourth-order valence-electron chi connectivity index (χ4n) is 3.30. The summed E-state index contributed by atoms with van der Waals surface area (Å²) in [7, 11) is 3.04. The molecule has 2 aliphatic rings. The van der Waals surface area contributed by atoms with Crippen LogP contribution in [0.25, 0.3) is 0 Å². The fourth-order valence-corrected chi connectivity index (χ4v) is 3.30. The van der Waals surface area contributed by atoms with E-state index in [2.05, 4.69) is 31.1 Å². The topological polar surface area (TPSA) is 77.0 Å². The van der Waals surface area contributed by atoms with Crippen LogP contribution in [0.4, 0.5) is 0 Å². The van der Waals surface area contributed by atoms with Crippen molar-refractivity contribution < 1.29 is 19.1 Å². The Hall–Kier alpha value is -3.15. The van der Waals surface area contributed by atoms with Gasteiger partial charge in [-0.2, -0.15) is 0 Å². The molecule has 1 aromatic carbocycles. The van der Waals surface area contributed by atoms with Crippen molar-refractivity contribution in [1.82, 2.24) is 5.32 Å². The highest BCUT2D eigenvalue weighted by Gasteiger charge is 2.32. The van der Waals surface area contributed by atoms with Crippen LogP contribution < -0.4 is 14.8 Å². The highest BCUT2D eigenvalue weighted by molar-refractivity contribution is 6.14. The summed E-state index contributed by atoms with van der Waals surface area (Å²) in [6.45, 7) is 6.23. The van der Waals surface area contributed by atoms with E-state index in [0.717, 1.165) is 11.3 Å². The van der Waals surface area contributed by atoms with E-state index in [1.165, 1.54) is 7.11 Å². The number of allylic oxidation sites excluding steroid dienone is 3. The van der Waals surface area contributed by atoms with Crippen molar-refractivity contribution in [1.29, 1.82) is 0 Å². The Morgan fingerprint density at radius 3 is 2.54 bits per heavy atom. The molecule has 0 fully saturated rings. The number of hydrogen-bond donors (Lipinski definition) is 1. The summed E-state index contributed by atoms with van der Waals surface area (Å²) in [6, 6.07) is 4.94. The van der Waals surface area contributed by atoms with Crippen LogP contribution in [0.5, 0.6) is 11.5 Å². The summed E-state index contributed by atoms with van der Waals surface area (Å²) < 4.78 is 10.4. The maximum Gasteiger partial charge on any atom is 0.281 e. The van der Waals surface area contributed by atoms with Gasteiger partial charge in [0, 0.05) is 23.8 Å². The number of rotatable bonds is 3. The van der Waals surface area contributed by atoms with Crippen molar-refractivity contribution >= 4 is 17.5 Å². The first-order valence-corrected chi connectivity index (χ1v) is 9.01. The lowest BCUT2D eigenvalue weighted by molar-refractivity contribution is -0.116. The molecule has 2 amide bonds. The number of benzene rings is 1. The second-order valence-corrected chi connectivity index (χ2v) is 7.68. The van der Waals surface area contributed by atoms with Crippen molar-refractivity contribution in [3.8, 4) is 11.5 Å². The number of methoxy groups -OCH3 is 2. The van der Waals surface area contributed by atoms with Gasteiger partial charge in [0.2, 0.25) is 5.91 Å². The Labute approximate surface area is 164 Å². The number of amides is 2. The molecule has 1 atom stereocenters. The normalized spacial score (nSPS) is 20.1. The van der Waals surface area contributed by atoms with Crippen LogP contribution in [-0.4, -0.2) is 31.7 Å². The molecule has 1 aliphatic heterocycles. The van der Waals surface area contributed by atoms with Gasteiger partial charge in [0.15, 0.2) is 0 Å². The SMILES string of the molecule is COc1ccc(C(=O)N=C2C=CC3C(=C2)NC(=O)C=C3C(C)(C)C)c(OC)c1. The van der Waals surface area contributed by atoms with Crippen LogP contribution in [-0.2, 0) is 4.79 Å². The van der Waals surface area contributed by atoms with E-state index >= 15 is 0 Å². The number of aliphatic imine (C=N–C) groups is 1. The first-order valence-electron chi connectivity index (χ1n) is 9.01. The highest BCUT2D eigenvalue weighted by Crippen LogP contribution is 2.38. The molecule has 0 aromatic heterocycles. The second kappa shape index (κ2) is 7.46. The van der Waals surface area contributed by atoms with E-state index in [0.29, 0.717) is 22.8 Å². The minimum absolute atomic E-state index is 0.0257. The number of carbonyl (C=O) groups is 2. The molecule has 28 heavy (non-hydrogen) atoms. The van der Waals surface area contributed by atoms with Gasteiger partial charge in [0.25, 0.3) is 5.91 Å². The zero-order chi connectivity index (χ0) is 20.5. The second-order valence-electron chi connectivity index (χ2n) is 7.68. The zero-order valence-corrected chi connectivity index (χ0v) is 16.7. The molecule has 146 valence electrons. The molecule has 0 bridgehead atoms. The third-order valence-corrected chi connectivity index (χ3v) is 4.72. The van der Waals surface area contributed by atoms with Gasteiger partial charge in [0.05, 0.1) is 25.5 Å². The maximum absolute atomic E-state index is 12.7. The number of nitrogens with one attached hydrogen (secondary N) is 1. The summed E-state index contributed by atoms with van der Waals surface area (Å²) >= 11 is 0. The summed E-state index contributed by atoms with van der Waals surface area (Å²) in [5.41, 5.74) is 2.43. The Morgan fingerprint density at radius 2 is 1.89 bits per heavy atom. The minimum atomic E-state index is -0.428. The Balaban J connectivity index is 1.91. The van der Waals surface area contributed by atoms with E-state index in [-0.39, 0.29) is 17.2 Å². The summed E-state index contributed by atoms with van der Waals surface area (Å²) in [5, 5.41) is 2.86. The van der Waals surface area contributed by atoms with Gasteiger partial charge >= 0.3 is 0 Å². The Kier molecular flexibility index (Phi) is 5.23. The molecule has 0 saturated heterocycles. The summed E-state index contributed by atoms with van der Waals surface area (Å²) in [5.74, 6) is 0.369. The molecule has 0 saturated carbocycles. The third kappa shape index (κ3) is 3.91. The average molecular weight is 380 g/mol. The van der Waals surface area contributed by atoms with Gasteiger partial charge in [-0.15, -0.1) is 0 Å². The van der Waals surface area contributed by atoms with Crippen molar-refractivity contribution in [3.63, 3.8) is 0 Å². The van der Waals surface area contributed by atoms with Crippen LogP contribution in [0.2, 0.25) is 0 Å². The first kappa shape index (κ1) is 19.6. The smallest absolute Gasteiger partial charge is 0.281 e. The van der Waals surface area contributed by atoms with Crippen molar-refractivity contribution in [2.75, 3.05) is 14.2 Å². The van der Waals surface area contributed by atoms with E-state index in [1.54, 1.807) is 43.5 Å². The molecule has 6 heteroatoms.